The van der Waals surface area contributed by atoms with E-state index in [2.05, 4.69) is 5.32 Å². The maximum atomic E-state index is 9.49. The zero-order chi connectivity index (χ0) is 11.3. The third-order valence-corrected chi connectivity index (χ3v) is 2.18. The molecule has 0 saturated carbocycles. The average molecular weight is 211 g/mol. The Kier molecular flexibility index (Phi) is 4.24. The van der Waals surface area contributed by atoms with E-state index in [-0.39, 0.29) is 5.75 Å². The van der Waals surface area contributed by atoms with Crippen molar-refractivity contribution in [3.63, 3.8) is 0 Å². The number of benzene rings is 1. The van der Waals surface area contributed by atoms with Crippen LogP contribution in [0.5, 0.6) is 17.2 Å². The van der Waals surface area contributed by atoms with Crippen molar-refractivity contribution in [3.05, 3.63) is 17.7 Å². The standard InChI is InChI=1S/C11H17NO3/c1-12-5-4-8-6-9(13)7-10(14-2)11(8)15-3/h6-7,12-13H,4-5H2,1-3H3. The average Bonchev–Trinajstić information content (AvgIpc) is 2.25. The summed E-state index contributed by atoms with van der Waals surface area (Å²) in [5.41, 5.74) is 0.934. The molecule has 2 N–H and O–H groups in total. The molecule has 4 nitrogen and oxygen atoms in total. The van der Waals surface area contributed by atoms with Gasteiger partial charge >= 0.3 is 0 Å². The molecule has 1 aromatic carbocycles. The highest BCUT2D eigenvalue weighted by atomic mass is 16.5. The number of likely N-dealkylation sites (N-methyl/N-ethyl adjacent to an activating group) is 1. The van der Waals surface area contributed by atoms with Crippen LogP contribution in [0, 0.1) is 0 Å². The fourth-order valence-electron chi connectivity index (χ4n) is 1.47. The Labute approximate surface area is 89.8 Å². The predicted molar refractivity (Wildman–Crippen MR) is 58.8 cm³/mol. The van der Waals surface area contributed by atoms with E-state index in [1.807, 2.05) is 7.05 Å². The highest BCUT2D eigenvalue weighted by molar-refractivity contribution is 5.51. The van der Waals surface area contributed by atoms with E-state index in [0.717, 1.165) is 18.5 Å². The van der Waals surface area contributed by atoms with Crippen LogP contribution in [0.3, 0.4) is 0 Å². The quantitative estimate of drug-likeness (QED) is 0.767. The van der Waals surface area contributed by atoms with E-state index in [1.54, 1.807) is 26.4 Å². The van der Waals surface area contributed by atoms with Crippen LogP contribution in [0.2, 0.25) is 0 Å². The zero-order valence-electron chi connectivity index (χ0n) is 9.33. The lowest BCUT2D eigenvalue weighted by molar-refractivity contribution is 0.348. The maximum absolute atomic E-state index is 9.49. The van der Waals surface area contributed by atoms with Crippen LogP contribution >= 0.6 is 0 Å². The van der Waals surface area contributed by atoms with E-state index in [1.165, 1.54) is 0 Å². The highest BCUT2D eigenvalue weighted by Gasteiger charge is 2.11. The summed E-state index contributed by atoms with van der Waals surface area (Å²) in [6.07, 6.45) is 0.782. The minimum atomic E-state index is 0.193. The van der Waals surface area contributed by atoms with Gasteiger partial charge in [-0.25, -0.2) is 0 Å². The molecule has 0 bridgehead atoms. The monoisotopic (exact) mass is 211 g/mol. The number of ether oxygens (including phenoxy) is 2. The molecule has 84 valence electrons. The number of aromatic hydroxyl groups is 1. The Balaban J connectivity index is 3.05. The Morgan fingerprint density at radius 3 is 2.53 bits per heavy atom. The molecule has 0 atom stereocenters. The third kappa shape index (κ3) is 2.76. The van der Waals surface area contributed by atoms with Gasteiger partial charge in [-0.15, -0.1) is 0 Å². The van der Waals surface area contributed by atoms with Crippen LogP contribution in [0.1, 0.15) is 5.56 Å². The summed E-state index contributed by atoms with van der Waals surface area (Å²) in [5, 5.41) is 12.5. The van der Waals surface area contributed by atoms with Gasteiger partial charge < -0.3 is 19.9 Å². The Hall–Kier alpha value is -1.42. The summed E-state index contributed by atoms with van der Waals surface area (Å²) in [7, 11) is 5.03. The van der Waals surface area contributed by atoms with Crippen LogP contribution in [0.15, 0.2) is 12.1 Å². The largest absolute Gasteiger partial charge is 0.508 e. The summed E-state index contributed by atoms with van der Waals surface area (Å²) in [6, 6.07) is 3.24. The molecule has 0 aliphatic rings. The molecule has 0 aliphatic carbocycles. The molecule has 1 rings (SSSR count). The number of hydrogen-bond donors (Lipinski definition) is 2. The molecule has 0 unspecified atom stereocenters. The van der Waals surface area contributed by atoms with Gasteiger partial charge in [-0.2, -0.15) is 0 Å². The van der Waals surface area contributed by atoms with Gasteiger partial charge in [0, 0.05) is 11.6 Å². The van der Waals surface area contributed by atoms with Gasteiger partial charge in [0.1, 0.15) is 5.75 Å². The van der Waals surface area contributed by atoms with Crippen molar-refractivity contribution in [1.82, 2.24) is 5.32 Å². The lowest BCUT2D eigenvalue weighted by Crippen LogP contribution is -2.11. The van der Waals surface area contributed by atoms with E-state index in [9.17, 15) is 5.11 Å². The second kappa shape index (κ2) is 5.46. The molecule has 0 radical (unpaired) electrons. The summed E-state index contributed by atoms with van der Waals surface area (Å²) >= 11 is 0. The zero-order valence-corrected chi connectivity index (χ0v) is 9.33. The van der Waals surface area contributed by atoms with Crippen molar-refractivity contribution in [3.8, 4) is 17.2 Å². The second-order valence-corrected chi connectivity index (χ2v) is 3.19. The van der Waals surface area contributed by atoms with Gasteiger partial charge in [0.05, 0.1) is 14.2 Å². The first kappa shape index (κ1) is 11.7. The van der Waals surface area contributed by atoms with Crippen LogP contribution in [-0.2, 0) is 6.42 Å². The van der Waals surface area contributed by atoms with Crippen molar-refractivity contribution in [2.75, 3.05) is 27.8 Å². The summed E-state index contributed by atoms with van der Waals surface area (Å²) in [4.78, 5) is 0. The fourth-order valence-corrected chi connectivity index (χ4v) is 1.47. The first-order chi connectivity index (χ1) is 7.22. The second-order valence-electron chi connectivity index (χ2n) is 3.19. The molecule has 0 aliphatic heterocycles. The third-order valence-electron chi connectivity index (χ3n) is 2.18. The molecule has 0 aromatic heterocycles. The van der Waals surface area contributed by atoms with E-state index in [4.69, 9.17) is 9.47 Å². The number of methoxy groups -OCH3 is 2. The SMILES string of the molecule is CNCCc1cc(O)cc(OC)c1OC. The Morgan fingerprint density at radius 1 is 1.27 bits per heavy atom. The maximum Gasteiger partial charge on any atom is 0.164 e. The van der Waals surface area contributed by atoms with Gasteiger partial charge in [-0.3, -0.25) is 0 Å². The van der Waals surface area contributed by atoms with E-state index < -0.39 is 0 Å². The molecular weight excluding hydrogens is 194 g/mol. The molecule has 0 heterocycles. The van der Waals surface area contributed by atoms with Crippen molar-refractivity contribution in [1.29, 1.82) is 0 Å². The summed E-state index contributed by atoms with van der Waals surface area (Å²) < 4.78 is 10.4. The first-order valence-electron chi connectivity index (χ1n) is 4.81. The summed E-state index contributed by atoms with van der Waals surface area (Å²) in [6.45, 7) is 0.822. The smallest absolute Gasteiger partial charge is 0.164 e. The number of nitrogens with one attached hydrogen (secondary N) is 1. The number of phenols is 1. The van der Waals surface area contributed by atoms with Gasteiger partial charge in [-0.05, 0) is 26.1 Å². The van der Waals surface area contributed by atoms with E-state index in [0.29, 0.717) is 11.5 Å². The van der Waals surface area contributed by atoms with Gasteiger partial charge in [0.2, 0.25) is 0 Å². The first-order valence-corrected chi connectivity index (χ1v) is 4.81. The molecule has 0 spiro atoms. The van der Waals surface area contributed by atoms with Gasteiger partial charge in [0.25, 0.3) is 0 Å². The highest BCUT2D eigenvalue weighted by Crippen LogP contribution is 2.35. The van der Waals surface area contributed by atoms with Crippen molar-refractivity contribution in [2.45, 2.75) is 6.42 Å². The fraction of sp³-hybridized carbons (Fsp3) is 0.455. The molecule has 15 heavy (non-hydrogen) atoms. The Bertz CT molecular complexity index is 326. The Morgan fingerprint density at radius 2 is 2.00 bits per heavy atom. The van der Waals surface area contributed by atoms with Crippen molar-refractivity contribution >= 4 is 0 Å². The minimum Gasteiger partial charge on any atom is -0.508 e. The molecular formula is C11H17NO3. The van der Waals surface area contributed by atoms with Crippen LogP contribution in [0.25, 0.3) is 0 Å². The van der Waals surface area contributed by atoms with Crippen LogP contribution in [0.4, 0.5) is 0 Å². The normalized spacial score (nSPS) is 10.1. The van der Waals surface area contributed by atoms with Gasteiger partial charge in [-0.1, -0.05) is 0 Å². The van der Waals surface area contributed by atoms with Crippen molar-refractivity contribution < 1.29 is 14.6 Å². The molecule has 0 fully saturated rings. The molecule has 4 heteroatoms. The van der Waals surface area contributed by atoms with E-state index >= 15 is 0 Å². The van der Waals surface area contributed by atoms with Crippen molar-refractivity contribution in [2.24, 2.45) is 0 Å². The number of phenolic OH excluding ortho intramolecular Hbond substituents is 1. The van der Waals surface area contributed by atoms with Gasteiger partial charge in [0.15, 0.2) is 11.5 Å². The summed E-state index contributed by atoms with van der Waals surface area (Å²) in [5.74, 6) is 1.44. The van der Waals surface area contributed by atoms with Crippen LogP contribution < -0.4 is 14.8 Å². The predicted octanol–water partition coefficient (Wildman–Crippen LogP) is 1.17. The van der Waals surface area contributed by atoms with Crippen LogP contribution in [-0.4, -0.2) is 32.9 Å². The lowest BCUT2D eigenvalue weighted by Gasteiger charge is -2.13. The molecule has 0 amide bonds. The number of rotatable bonds is 5. The molecule has 0 saturated heterocycles. The topological polar surface area (TPSA) is 50.7 Å². The minimum absolute atomic E-state index is 0.193. The number of hydrogen-bond acceptors (Lipinski definition) is 4. The lowest BCUT2D eigenvalue weighted by atomic mass is 10.1. The molecule has 1 aromatic rings.